The van der Waals surface area contributed by atoms with Crippen molar-refractivity contribution in [2.75, 3.05) is 11.9 Å². The summed E-state index contributed by atoms with van der Waals surface area (Å²) in [6.07, 6.45) is -4.84. The van der Waals surface area contributed by atoms with Gasteiger partial charge in [-0.25, -0.2) is 0 Å². The van der Waals surface area contributed by atoms with Gasteiger partial charge in [0.15, 0.2) is 5.17 Å². The van der Waals surface area contributed by atoms with Crippen molar-refractivity contribution in [3.05, 3.63) is 24.3 Å². The smallest absolute Gasteiger partial charge is 0.406 e. The van der Waals surface area contributed by atoms with Crippen molar-refractivity contribution in [2.24, 2.45) is 4.99 Å². The quantitative estimate of drug-likeness (QED) is 0.845. The van der Waals surface area contributed by atoms with Crippen molar-refractivity contribution in [1.82, 2.24) is 5.32 Å². The topological polar surface area (TPSA) is 79.8 Å². The van der Waals surface area contributed by atoms with Crippen molar-refractivity contribution in [3.8, 4) is 5.75 Å². The van der Waals surface area contributed by atoms with E-state index in [9.17, 15) is 22.8 Å². The first kappa shape index (κ1) is 18.1. The van der Waals surface area contributed by atoms with Gasteiger partial charge in [-0.3, -0.25) is 14.6 Å². The van der Waals surface area contributed by atoms with Crippen LogP contribution in [0.25, 0.3) is 0 Å². The Balaban J connectivity index is 1.89. The number of nitrogens with zero attached hydrogens (tertiary/aromatic N) is 1. The lowest BCUT2D eigenvalue weighted by molar-refractivity contribution is -0.274. The highest BCUT2D eigenvalue weighted by atomic mass is 32.2. The molecular formula is C14H14F3N3O3S. The lowest BCUT2D eigenvalue weighted by atomic mass is 10.2. The maximum absolute atomic E-state index is 12.1. The number of carbonyl (C=O) groups excluding carboxylic acids is 2. The number of anilines is 1. The van der Waals surface area contributed by atoms with Crippen molar-refractivity contribution in [3.63, 3.8) is 0 Å². The molecule has 0 radical (unpaired) electrons. The highest BCUT2D eigenvalue weighted by molar-refractivity contribution is 8.15. The van der Waals surface area contributed by atoms with Crippen LogP contribution in [0.5, 0.6) is 5.75 Å². The van der Waals surface area contributed by atoms with E-state index >= 15 is 0 Å². The molecule has 0 bridgehead atoms. The second kappa shape index (κ2) is 7.56. The van der Waals surface area contributed by atoms with Crippen LogP contribution in [-0.4, -0.2) is 35.1 Å². The summed E-state index contributed by atoms with van der Waals surface area (Å²) < 4.78 is 39.9. The minimum absolute atomic E-state index is 0.0694. The molecule has 0 unspecified atom stereocenters. The van der Waals surface area contributed by atoms with Crippen molar-refractivity contribution >= 4 is 34.4 Å². The van der Waals surface area contributed by atoms with Gasteiger partial charge in [0, 0.05) is 18.7 Å². The number of hydrogen-bond acceptors (Lipinski definition) is 5. The largest absolute Gasteiger partial charge is 0.573 e. The maximum atomic E-state index is 12.1. The van der Waals surface area contributed by atoms with Crippen LogP contribution in [0.1, 0.15) is 13.3 Å². The third-order valence-electron chi connectivity index (χ3n) is 2.82. The zero-order chi connectivity index (χ0) is 17.7. The van der Waals surface area contributed by atoms with Crippen LogP contribution in [0, 0.1) is 0 Å². The summed E-state index contributed by atoms with van der Waals surface area (Å²) in [7, 11) is 0. The molecule has 2 rings (SSSR count). The van der Waals surface area contributed by atoms with Crippen LogP contribution in [0.15, 0.2) is 29.3 Å². The van der Waals surface area contributed by atoms with Crippen LogP contribution < -0.4 is 15.4 Å². The van der Waals surface area contributed by atoms with Gasteiger partial charge in [0.1, 0.15) is 11.0 Å². The number of ether oxygens (including phenoxy) is 1. The molecule has 10 heteroatoms. The molecule has 0 aliphatic carbocycles. The van der Waals surface area contributed by atoms with Gasteiger partial charge >= 0.3 is 6.36 Å². The molecule has 6 nitrogen and oxygen atoms in total. The molecule has 1 fully saturated rings. The standard InChI is InChI=1S/C14H14F3N3O3S/c1-2-18-13-20-12(22)10(24-13)7-11(21)19-8-3-5-9(6-4-8)23-14(15,16)17/h3-6,10H,2,7H2,1H3,(H,19,21)(H,18,20,22)/t10-/m0/s1. The Labute approximate surface area is 139 Å². The van der Waals surface area contributed by atoms with E-state index in [1.54, 1.807) is 0 Å². The summed E-state index contributed by atoms with van der Waals surface area (Å²) in [5.41, 5.74) is 0.306. The highest BCUT2D eigenvalue weighted by Crippen LogP contribution is 2.25. The summed E-state index contributed by atoms with van der Waals surface area (Å²) in [4.78, 5) is 27.7. The molecule has 1 saturated heterocycles. The SMILES string of the molecule is CCN=C1NC(=O)[C@H](CC(=O)Nc2ccc(OC(F)(F)F)cc2)S1. The number of halogens is 3. The van der Waals surface area contributed by atoms with Gasteiger partial charge in [0.2, 0.25) is 11.8 Å². The minimum Gasteiger partial charge on any atom is -0.406 e. The number of thioether (sulfide) groups is 1. The first-order chi connectivity index (χ1) is 11.3. The molecule has 1 heterocycles. The van der Waals surface area contributed by atoms with Gasteiger partial charge in [0.25, 0.3) is 0 Å². The van der Waals surface area contributed by atoms with E-state index in [0.717, 1.165) is 12.1 Å². The van der Waals surface area contributed by atoms with E-state index in [0.29, 0.717) is 17.4 Å². The number of rotatable bonds is 5. The summed E-state index contributed by atoms with van der Waals surface area (Å²) in [6.45, 7) is 2.35. The highest BCUT2D eigenvalue weighted by Gasteiger charge is 2.32. The molecule has 1 aromatic rings. The molecule has 1 aliphatic rings. The Hall–Kier alpha value is -2.23. The van der Waals surface area contributed by atoms with Gasteiger partial charge < -0.3 is 15.4 Å². The number of amidine groups is 1. The average molecular weight is 361 g/mol. The van der Waals surface area contributed by atoms with Crippen LogP contribution >= 0.6 is 11.8 Å². The van der Waals surface area contributed by atoms with Gasteiger partial charge in [-0.05, 0) is 31.2 Å². The second-order valence-electron chi connectivity index (χ2n) is 4.70. The van der Waals surface area contributed by atoms with Gasteiger partial charge in [-0.15, -0.1) is 13.2 Å². The first-order valence-electron chi connectivity index (χ1n) is 6.94. The molecule has 1 aliphatic heterocycles. The van der Waals surface area contributed by atoms with E-state index in [1.807, 2.05) is 6.92 Å². The van der Waals surface area contributed by atoms with Crippen LogP contribution in [0.4, 0.5) is 18.9 Å². The number of benzene rings is 1. The lowest BCUT2D eigenvalue weighted by Gasteiger charge is -2.10. The molecule has 2 amide bonds. The zero-order valence-corrected chi connectivity index (χ0v) is 13.3. The van der Waals surface area contributed by atoms with E-state index < -0.39 is 17.5 Å². The molecular weight excluding hydrogens is 347 g/mol. The fraction of sp³-hybridized carbons (Fsp3) is 0.357. The average Bonchev–Trinajstić information content (AvgIpc) is 2.80. The van der Waals surface area contributed by atoms with E-state index in [2.05, 4.69) is 20.4 Å². The van der Waals surface area contributed by atoms with Crippen molar-refractivity contribution < 1.29 is 27.5 Å². The minimum atomic E-state index is -4.77. The third kappa shape index (κ3) is 5.44. The summed E-state index contributed by atoms with van der Waals surface area (Å²) >= 11 is 1.17. The molecule has 0 saturated carbocycles. The van der Waals surface area contributed by atoms with Gasteiger partial charge in [0.05, 0.1) is 0 Å². The second-order valence-corrected chi connectivity index (χ2v) is 5.89. The molecule has 0 aromatic heterocycles. The predicted molar refractivity (Wildman–Crippen MR) is 83.9 cm³/mol. The lowest BCUT2D eigenvalue weighted by Crippen LogP contribution is -2.28. The molecule has 1 atom stereocenters. The molecule has 130 valence electrons. The Kier molecular flexibility index (Phi) is 5.71. The monoisotopic (exact) mass is 361 g/mol. The zero-order valence-electron chi connectivity index (χ0n) is 12.5. The van der Waals surface area contributed by atoms with Crippen LogP contribution in [0.2, 0.25) is 0 Å². The van der Waals surface area contributed by atoms with E-state index in [4.69, 9.17) is 0 Å². The number of nitrogens with one attached hydrogen (secondary N) is 2. The number of carbonyl (C=O) groups is 2. The van der Waals surface area contributed by atoms with Crippen LogP contribution in [0.3, 0.4) is 0 Å². The van der Waals surface area contributed by atoms with Crippen molar-refractivity contribution in [1.29, 1.82) is 0 Å². The molecule has 0 spiro atoms. The number of aliphatic imine (C=N–C) groups is 1. The maximum Gasteiger partial charge on any atom is 0.573 e. The van der Waals surface area contributed by atoms with Gasteiger partial charge in [-0.1, -0.05) is 11.8 Å². The number of alkyl halides is 3. The molecule has 24 heavy (non-hydrogen) atoms. The van der Waals surface area contributed by atoms with Crippen LogP contribution in [-0.2, 0) is 9.59 Å². The van der Waals surface area contributed by atoms with E-state index in [-0.39, 0.29) is 18.1 Å². The fourth-order valence-electron chi connectivity index (χ4n) is 1.88. The predicted octanol–water partition coefficient (Wildman–Crippen LogP) is 2.52. The summed E-state index contributed by atoms with van der Waals surface area (Å²) in [5.74, 6) is -1.10. The first-order valence-corrected chi connectivity index (χ1v) is 7.82. The third-order valence-corrected chi connectivity index (χ3v) is 3.94. The molecule has 2 N–H and O–H groups in total. The number of hydrogen-bond donors (Lipinski definition) is 2. The summed E-state index contributed by atoms with van der Waals surface area (Å²) in [6, 6.07) is 4.74. The Morgan fingerprint density at radius 1 is 1.38 bits per heavy atom. The Morgan fingerprint density at radius 2 is 2.04 bits per heavy atom. The molecule has 1 aromatic carbocycles. The summed E-state index contributed by atoms with van der Waals surface area (Å²) in [5, 5.41) is 4.99. The fourth-order valence-corrected chi connectivity index (χ4v) is 2.91. The normalized spacial score (nSPS) is 19.2. The van der Waals surface area contributed by atoms with Gasteiger partial charge in [-0.2, -0.15) is 0 Å². The van der Waals surface area contributed by atoms with Crippen molar-refractivity contribution in [2.45, 2.75) is 25.0 Å². The number of amides is 2. The van der Waals surface area contributed by atoms with E-state index in [1.165, 1.54) is 23.9 Å². The Bertz CT molecular complexity index is 647. The Morgan fingerprint density at radius 3 is 2.62 bits per heavy atom.